The molecule has 1 heterocycles. The number of nitrogens with one attached hydrogen (secondary N) is 1. The van der Waals surface area contributed by atoms with E-state index in [9.17, 15) is 22.0 Å². The molecule has 3 rings (SSSR count). The number of benzene rings is 2. The Morgan fingerprint density at radius 1 is 1.00 bits per heavy atom. The highest BCUT2D eigenvalue weighted by atomic mass is 32.2. The zero-order valence-corrected chi connectivity index (χ0v) is 14.7. The lowest BCUT2D eigenvalue weighted by molar-refractivity contribution is 0.102. The van der Waals surface area contributed by atoms with Crippen LogP contribution in [0.2, 0.25) is 0 Å². The summed E-state index contributed by atoms with van der Waals surface area (Å²) in [6, 6.07) is 8.32. The van der Waals surface area contributed by atoms with Crippen LogP contribution in [0.1, 0.15) is 29.6 Å². The van der Waals surface area contributed by atoms with E-state index in [0.29, 0.717) is 13.1 Å². The maximum absolute atomic E-state index is 13.7. The van der Waals surface area contributed by atoms with Crippen molar-refractivity contribution in [3.63, 3.8) is 0 Å². The van der Waals surface area contributed by atoms with Crippen molar-refractivity contribution in [1.82, 2.24) is 4.31 Å². The number of amides is 1. The van der Waals surface area contributed by atoms with Gasteiger partial charge >= 0.3 is 0 Å². The van der Waals surface area contributed by atoms with Crippen LogP contribution in [0.15, 0.2) is 47.4 Å². The molecule has 2 aromatic carbocycles. The van der Waals surface area contributed by atoms with E-state index in [0.717, 1.165) is 37.5 Å². The minimum absolute atomic E-state index is 0.0527. The van der Waals surface area contributed by atoms with Crippen LogP contribution in [-0.4, -0.2) is 31.7 Å². The summed E-state index contributed by atoms with van der Waals surface area (Å²) in [5.41, 5.74) is -0.258. The number of halogens is 2. The average molecular weight is 380 g/mol. The average Bonchev–Trinajstić information content (AvgIpc) is 2.64. The molecular weight excluding hydrogens is 362 g/mol. The molecule has 26 heavy (non-hydrogen) atoms. The predicted octanol–water partition coefficient (Wildman–Crippen LogP) is 3.39. The van der Waals surface area contributed by atoms with E-state index in [1.54, 1.807) is 0 Å². The normalized spacial score (nSPS) is 15.6. The minimum Gasteiger partial charge on any atom is -0.322 e. The van der Waals surface area contributed by atoms with Crippen molar-refractivity contribution in [3.8, 4) is 0 Å². The van der Waals surface area contributed by atoms with E-state index in [1.165, 1.54) is 28.6 Å². The highest BCUT2D eigenvalue weighted by molar-refractivity contribution is 7.89. The molecule has 0 spiro atoms. The summed E-state index contributed by atoms with van der Waals surface area (Å²) < 4.78 is 53.8. The molecule has 1 fully saturated rings. The van der Waals surface area contributed by atoms with Gasteiger partial charge in [-0.05, 0) is 49.2 Å². The monoisotopic (exact) mass is 380 g/mol. The van der Waals surface area contributed by atoms with Crippen molar-refractivity contribution < 1.29 is 22.0 Å². The molecule has 0 aromatic heterocycles. The second-order valence-corrected chi connectivity index (χ2v) is 8.01. The number of sulfonamides is 1. The Bertz CT molecular complexity index is 926. The Kier molecular flexibility index (Phi) is 5.33. The standard InChI is InChI=1S/C18H18F2N2O3S/c19-13-7-8-17(20)16(11-13)18(23)21-14-5-4-6-15(12-14)26(24,25)22-9-2-1-3-10-22/h4-8,11-12H,1-3,9-10H2,(H,21,23). The maximum Gasteiger partial charge on any atom is 0.258 e. The molecule has 1 aliphatic heterocycles. The van der Waals surface area contributed by atoms with Gasteiger partial charge in [-0.1, -0.05) is 12.5 Å². The van der Waals surface area contributed by atoms with Gasteiger partial charge in [0.1, 0.15) is 11.6 Å². The summed E-state index contributed by atoms with van der Waals surface area (Å²) >= 11 is 0. The van der Waals surface area contributed by atoms with Crippen LogP contribution >= 0.6 is 0 Å². The molecule has 8 heteroatoms. The van der Waals surface area contributed by atoms with Gasteiger partial charge in [0.15, 0.2) is 0 Å². The highest BCUT2D eigenvalue weighted by Gasteiger charge is 2.26. The number of hydrogen-bond donors (Lipinski definition) is 1. The highest BCUT2D eigenvalue weighted by Crippen LogP contribution is 2.23. The second kappa shape index (κ2) is 7.51. The summed E-state index contributed by atoms with van der Waals surface area (Å²) in [5.74, 6) is -2.45. The molecule has 5 nitrogen and oxygen atoms in total. The van der Waals surface area contributed by atoms with Gasteiger partial charge in [0, 0.05) is 18.8 Å². The fourth-order valence-corrected chi connectivity index (χ4v) is 4.42. The van der Waals surface area contributed by atoms with E-state index in [4.69, 9.17) is 0 Å². The van der Waals surface area contributed by atoms with Crippen LogP contribution in [0.3, 0.4) is 0 Å². The molecule has 138 valence electrons. The first-order valence-electron chi connectivity index (χ1n) is 8.24. The van der Waals surface area contributed by atoms with Crippen LogP contribution in [0.25, 0.3) is 0 Å². The zero-order valence-electron chi connectivity index (χ0n) is 13.9. The second-order valence-electron chi connectivity index (χ2n) is 6.07. The van der Waals surface area contributed by atoms with Gasteiger partial charge in [0.25, 0.3) is 5.91 Å². The van der Waals surface area contributed by atoms with Crippen LogP contribution in [-0.2, 0) is 10.0 Å². The lowest BCUT2D eigenvalue weighted by atomic mass is 10.2. The van der Waals surface area contributed by atoms with Gasteiger partial charge in [-0.25, -0.2) is 17.2 Å². The zero-order chi connectivity index (χ0) is 18.7. The third kappa shape index (κ3) is 3.91. The summed E-state index contributed by atoms with van der Waals surface area (Å²) in [6.07, 6.45) is 2.63. The Morgan fingerprint density at radius 3 is 2.46 bits per heavy atom. The molecule has 0 radical (unpaired) electrons. The number of carbonyl (C=O) groups excluding carboxylic acids is 1. The van der Waals surface area contributed by atoms with Gasteiger partial charge in [-0.15, -0.1) is 0 Å². The van der Waals surface area contributed by atoms with E-state index >= 15 is 0 Å². The van der Waals surface area contributed by atoms with E-state index < -0.39 is 33.1 Å². The van der Waals surface area contributed by atoms with Crippen LogP contribution in [0, 0.1) is 11.6 Å². The quantitative estimate of drug-likeness (QED) is 0.884. The third-order valence-corrected chi connectivity index (χ3v) is 6.11. The summed E-state index contributed by atoms with van der Waals surface area (Å²) in [5, 5.41) is 2.41. The number of carbonyl (C=O) groups is 1. The Hall–Kier alpha value is -2.32. The molecule has 0 aliphatic carbocycles. The minimum atomic E-state index is -3.65. The first-order valence-corrected chi connectivity index (χ1v) is 9.68. The fourth-order valence-electron chi connectivity index (χ4n) is 2.86. The molecule has 0 saturated carbocycles. The molecule has 1 N–H and O–H groups in total. The van der Waals surface area contributed by atoms with Gasteiger partial charge in [-0.3, -0.25) is 4.79 Å². The number of rotatable bonds is 4. The fraction of sp³-hybridized carbons (Fsp3) is 0.278. The van der Waals surface area contributed by atoms with Gasteiger partial charge in [-0.2, -0.15) is 4.31 Å². The molecular formula is C18H18F2N2O3S. The topological polar surface area (TPSA) is 66.5 Å². The van der Waals surface area contributed by atoms with Crippen molar-refractivity contribution in [2.24, 2.45) is 0 Å². The van der Waals surface area contributed by atoms with Crippen LogP contribution in [0.5, 0.6) is 0 Å². The lowest BCUT2D eigenvalue weighted by Gasteiger charge is -2.26. The van der Waals surface area contributed by atoms with Gasteiger partial charge in [0.05, 0.1) is 10.5 Å². The van der Waals surface area contributed by atoms with Crippen LogP contribution < -0.4 is 5.32 Å². The van der Waals surface area contributed by atoms with E-state index in [1.807, 2.05) is 0 Å². The number of anilines is 1. The van der Waals surface area contributed by atoms with Crippen molar-refractivity contribution in [3.05, 3.63) is 59.7 Å². The Balaban J connectivity index is 1.83. The summed E-state index contributed by atoms with van der Waals surface area (Å²) in [7, 11) is -3.65. The molecule has 1 aliphatic rings. The van der Waals surface area contributed by atoms with Crippen molar-refractivity contribution >= 4 is 21.6 Å². The molecule has 2 aromatic rings. The first kappa shape index (κ1) is 18.5. The number of hydrogen-bond acceptors (Lipinski definition) is 3. The third-order valence-electron chi connectivity index (χ3n) is 4.22. The Morgan fingerprint density at radius 2 is 1.73 bits per heavy atom. The smallest absolute Gasteiger partial charge is 0.258 e. The van der Waals surface area contributed by atoms with E-state index in [-0.39, 0.29) is 10.6 Å². The van der Waals surface area contributed by atoms with Crippen molar-refractivity contribution in [2.45, 2.75) is 24.2 Å². The lowest BCUT2D eigenvalue weighted by Crippen LogP contribution is -2.35. The molecule has 0 unspecified atom stereocenters. The summed E-state index contributed by atoms with van der Waals surface area (Å²) in [6.45, 7) is 0.931. The Labute approximate surface area is 150 Å². The predicted molar refractivity (Wildman–Crippen MR) is 93.4 cm³/mol. The SMILES string of the molecule is O=C(Nc1cccc(S(=O)(=O)N2CCCCC2)c1)c1cc(F)ccc1F. The molecule has 0 atom stereocenters. The number of piperidine rings is 1. The maximum atomic E-state index is 13.7. The first-order chi connectivity index (χ1) is 12.4. The molecule has 1 saturated heterocycles. The summed E-state index contributed by atoms with van der Waals surface area (Å²) in [4.78, 5) is 12.2. The van der Waals surface area contributed by atoms with Crippen molar-refractivity contribution in [1.29, 1.82) is 0 Å². The molecule has 0 bridgehead atoms. The largest absolute Gasteiger partial charge is 0.322 e. The van der Waals surface area contributed by atoms with E-state index in [2.05, 4.69) is 5.32 Å². The van der Waals surface area contributed by atoms with Crippen molar-refractivity contribution in [2.75, 3.05) is 18.4 Å². The van der Waals surface area contributed by atoms with Crippen LogP contribution in [0.4, 0.5) is 14.5 Å². The molecule has 1 amide bonds. The van der Waals surface area contributed by atoms with Gasteiger partial charge < -0.3 is 5.32 Å². The van der Waals surface area contributed by atoms with Gasteiger partial charge in [0.2, 0.25) is 10.0 Å². The number of nitrogens with zero attached hydrogens (tertiary/aromatic N) is 1.